The molecule has 0 atom stereocenters. The van der Waals surface area contributed by atoms with Crippen molar-refractivity contribution in [1.29, 1.82) is 0 Å². The number of rotatable bonds is 5. The van der Waals surface area contributed by atoms with E-state index < -0.39 is 20.5 Å². The number of hydrogen-bond donors (Lipinski definition) is 1. The fraction of sp³-hybridized carbons (Fsp3) is 0.167. The van der Waals surface area contributed by atoms with Crippen LogP contribution < -0.4 is 5.32 Å². The first-order valence-corrected chi connectivity index (χ1v) is 7.16. The van der Waals surface area contributed by atoms with Gasteiger partial charge < -0.3 is 5.32 Å². The Morgan fingerprint density at radius 1 is 1.20 bits per heavy atom. The second-order valence-electron chi connectivity index (χ2n) is 3.85. The average Bonchev–Trinajstić information content (AvgIpc) is 2.46. The Morgan fingerprint density at radius 2 is 1.95 bits per heavy atom. The molecule has 1 heterocycles. The number of anilines is 1. The van der Waals surface area contributed by atoms with Gasteiger partial charge in [-0.25, -0.2) is 8.42 Å². The van der Waals surface area contributed by atoms with Crippen LogP contribution in [0.15, 0.2) is 47.8 Å². The third kappa shape index (κ3) is 3.08. The van der Waals surface area contributed by atoms with E-state index in [1.54, 1.807) is 6.07 Å². The molecule has 0 fully saturated rings. The van der Waals surface area contributed by atoms with Gasteiger partial charge in [-0.2, -0.15) is 8.78 Å². The van der Waals surface area contributed by atoms with Gasteiger partial charge in [-0.15, -0.1) is 0 Å². The molecule has 1 aromatic heterocycles. The molecule has 0 bridgehead atoms. The monoisotopic (exact) mass is 299 g/mol. The van der Waals surface area contributed by atoms with Crippen LogP contribution in [-0.2, 0) is 16.4 Å². The zero-order valence-electron chi connectivity index (χ0n) is 10.2. The lowest BCUT2D eigenvalue weighted by molar-refractivity contribution is 0.235. The van der Waals surface area contributed by atoms with Crippen LogP contribution in [0.1, 0.15) is 5.69 Å². The largest absolute Gasteiger partial charge is 0.378 e. The Kier molecular flexibility index (Phi) is 4.23. The van der Waals surface area contributed by atoms with Crippen molar-refractivity contribution >= 4 is 15.5 Å². The maximum Gasteiger partial charge on any atom is 0.341 e. The van der Waals surface area contributed by atoms with Gasteiger partial charge in [0.05, 0.1) is 29.0 Å². The Hall–Kier alpha value is -2.09. The number of sulfone groups is 1. The second kappa shape index (κ2) is 5.91. The van der Waals surface area contributed by atoms with Crippen molar-refractivity contribution in [3.8, 4) is 0 Å². The first-order valence-electron chi connectivity index (χ1n) is 5.61. The molecule has 1 aromatic carbocycles. The van der Waals surface area contributed by atoms with Gasteiger partial charge in [0.1, 0.15) is 0 Å². The summed E-state index contributed by atoms with van der Waals surface area (Å²) in [4.78, 5) is 7.42. The number of nitrogens with one attached hydrogen (secondary N) is 1. The zero-order chi connectivity index (χ0) is 14.6. The molecule has 1 N–H and O–H groups in total. The van der Waals surface area contributed by atoms with Crippen molar-refractivity contribution in [2.75, 3.05) is 5.32 Å². The van der Waals surface area contributed by atoms with Gasteiger partial charge in [0.2, 0.25) is 9.84 Å². The maximum absolute atomic E-state index is 12.6. The number of alkyl halides is 2. The number of aromatic nitrogens is 2. The normalized spacial score (nSPS) is 11.6. The zero-order valence-corrected chi connectivity index (χ0v) is 11.0. The molecule has 0 aliphatic rings. The van der Waals surface area contributed by atoms with Crippen molar-refractivity contribution in [2.24, 2.45) is 0 Å². The molecule has 106 valence electrons. The molecular weight excluding hydrogens is 288 g/mol. The number of para-hydroxylation sites is 1. The van der Waals surface area contributed by atoms with E-state index in [4.69, 9.17) is 0 Å². The van der Waals surface area contributed by atoms with Crippen molar-refractivity contribution < 1.29 is 17.2 Å². The van der Waals surface area contributed by atoms with Crippen LogP contribution in [0, 0.1) is 0 Å². The Bertz CT molecular complexity index is 678. The minimum absolute atomic E-state index is 0.110. The molecule has 8 heteroatoms. The van der Waals surface area contributed by atoms with Gasteiger partial charge in [0, 0.05) is 12.4 Å². The number of nitrogens with zero attached hydrogens (tertiary/aromatic N) is 2. The molecule has 0 amide bonds. The van der Waals surface area contributed by atoms with E-state index in [2.05, 4.69) is 15.3 Å². The van der Waals surface area contributed by atoms with Crippen LogP contribution in [0.3, 0.4) is 0 Å². The maximum atomic E-state index is 12.6. The van der Waals surface area contributed by atoms with Crippen molar-refractivity contribution in [1.82, 2.24) is 9.97 Å². The Labute approximate surface area is 114 Å². The molecule has 0 aliphatic carbocycles. The SMILES string of the molecule is O=S(=O)(c1ccccc1NCc1cnccn1)C(F)F. The lowest BCUT2D eigenvalue weighted by Crippen LogP contribution is -2.14. The number of benzene rings is 1. The standard InChI is InChI=1S/C12H11F2N3O2S/c13-12(14)20(18,19)11-4-2-1-3-10(11)17-8-9-7-15-5-6-16-9/h1-7,12,17H,8H2. The van der Waals surface area contributed by atoms with Crippen LogP contribution in [0.25, 0.3) is 0 Å². The van der Waals surface area contributed by atoms with Crippen LogP contribution in [0.4, 0.5) is 14.5 Å². The van der Waals surface area contributed by atoms with E-state index in [0.717, 1.165) is 6.07 Å². The highest BCUT2D eigenvalue weighted by atomic mass is 32.2. The second-order valence-corrected chi connectivity index (χ2v) is 5.74. The van der Waals surface area contributed by atoms with Gasteiger partial charge in [-0.05, 0) is 12.1 Å². The minimum atomic E-state index is -4.64. The molecule has 0 saturated carbocycles. The number of halogens is 2. The molecule has 0 spiro atoms. The topological polar surface area (TPSA) is 72.0 Å². The van der Waals surface area contributed by atoms with E-state index in [-0.39, 0.29) is 12.2 Å². The highest BCUT2D eigenvalue weighted by Gasteiger charge is 2.28. The molecule has 5 nitrogen and oxygen atoms in total. The third-order valence-electron chi connectivity index (χ3n) is 2.50. The molecule has 0 radical (unpaired) electrons. The van der Waals surface area contributed by atoms with Crippen molar-refractivity contribution in [3.63, 3.8) is 0 Å². The van der Waals surface area contributed by atoms with Crippen molar-refractivity contribution in [3.05, 3.63) is 48.5 Å². The summed E-state index contributed by atoms with van der Waals surface area (Å²) in [6.45, 7) is 0.184. The first kappa shape index (κ1) is 14.3. The van der Waals surface area contributed by atoms with Gasteiger partial charge in [-0.3, -0.25) is 9.97 Å². The van der Waals surface area contributed by atoms with E-state index in [1.807, 2.05) is 0 Å². The fourth-order valence-electron chi connectivity index (χ4n) is 1.56. The molecule has 0 saturated heterocycles. The predicted molar refractivity (Wildman–Crippen MR) is 69.0 cm³/mol. The predicted octanol–water partition coefficient (Wildman–Crippen LogP) is 2.08. The van der Waals surface area contributed by atoms with Gasteiger partial charge in [0.15, 0.2) is 0 Å². The summed E-state index contributed by atoms with van der Waals surface area (Å²) < 4.78 is 48.3. The molecule has 2 rings (SSSR count). The van der Waals surface area contributed by atoms with Crippen LogP contribution >= 0.6 is 0 Å². The van der Waals surface area contributed by atoms with E-state index in [1.165, 1.54) is 30.7 Å². The molecular formula is C12H11F2N3O2S. The molecule has 0 unspecified atom stereocenters. The lowest BCUT2D eigenvalue weighted by atomic mass is 10.3. The summed E-state index contributed by atoms with van der Waals surface area (Å²) in [5.41, 5.74) is 0.676. The van der Waals surface area contributed by atoms with Crippen LogP contribution in [0.5, 0.6) is 0 Å². The number of hydrogen-bond acceptors (Lipinski definition) is 5. The minimum Gasteiger partial charge on any atom is -0.378 e. The summed E-state index contributed by atoms with van der Waals surface area (Å²) in [6.07, 6.45) is 4.48. The smallest absolute Gasteiger partial charge is 0.341 e. The quantitative estimate of drug-likeness (QED) is 0.915. The van der Waals surface area contributed by atoms with Gasteiger partial charge >= 0.3 is 5.76 Å². The summed E-state index contributed by atoms with van der Waals surface area (Å²) in [5.74, 6) is -3.46. The van der Waals surface area contributed by atoms with Gasteiger partial charge in [-0.1, -0.05) is 12.1 Å². The van der Waals surface area contributed by atoms with Crippen LogP contribution in [0.2, 0.25) is 0 Å². The van der Waals surface area contributed by atoms with Gasteiger partial charge in [0.25, 0.3) is 0 Å². The van der Waals surface area contributed by atoms with E-state index in [0.29, 0.717) is 5.69 Å². The van der Waals surface area contributed by atoms with E-state index >= 15 is 0 Å². The Morgan fingerprint density at radius 3 is 2.60 bits per heavy atom. The van der Waals surface area contributed by atoms with E-state index in [9.17, 15) is 17.2 Å². The summed E-state index contributed by atoms with van der Waals surface area (Å²) in [5, 5.41) is 2.78. The lowest BCUT2D eigenvalue weighted by Gasteiger charge is -2.11. The van der Waals surface area contributed by atoms with Crippen LogP contribution in [-0.4, -0.2) is 24.1 Å². The summed E-state index contributed by atoms with van der Waals surface area (Å²) in [7, 11) is -4.64. The highest BCUT2D eigenvalue weighted by Crippen LogP contribution is 2.26. The molecule has 0 aliphatic heterocycles. The third-order valence-corrected chi connectivity index (χ3v) is 3.94. The molecule has 20 heavy (non-hydrogen) atoms. The fourth-order valence-corrected chi connectivity index (χ4v) is 2.47. The highest BCUT2D eigenvalue weighted by molar-refractivity contribution is 7.91. The summed E-state index contributed by atoms with van der Waals surface area (Å²) in [6, 6.07) is 5.51. The average molecular weight is 299 g/mol. The van der Waals surface area contributed by atoms with Crippen molar-refractivity contribution in [2.45, 2.75) is 17.2 Å². The molecule has 2 aromatic rings. The summed E-state index contributed by atoms with van der Waals surface area (Å²) >= 11 is 0. The first-order chi connectivity index (χ1) is 9.51. The Balaban J connectivity index is 2.25.